The van der Waals surface area contributed by atoms with Crippen LogP contribution < -0.4 is 10.6 Å². The third kappa shape index (κ3) is 2.63. The summed E-state index contributed by atoms with van der Waals surface area (Å²) in [6.07, 6.45) is 4.76. The summed E-state index contributed by atoms with van der Waals surface area (Å²) in [4.78, 5) is 24.9. The lowest BCUT2D eigenvalue weighted by atomic mass is 10.1. The van der Waals surface area contributed by atoms with Crippen LogP contribution >= 0.6 is 12.2 Å². The van der Waals surface area contributed by atoms with Gasteiger partial charge in [0.2, 0.25) is 0 Å². The van der Waals surface area contributed by atoms with Gasteiger partial charge < -0.3 is 10.6 Å². The molecule has 6 heteroatoms. The van der Waals surface area contributed by atoms with Crippen molar-refractivity contribution in [2.75, 3.05) is 12.4 Å². The fourth-order valence-corrected chi connectivity index (χ4v) is 3.15. The van der Waals surface area contributed by atoms with Crippen molar-refractivity contribution in [2.24, 2.45) is 0 Å². The van der Waals surface area contributed by atoms with Gasteiger partial charge in [0.25, 0.3) is 11.8 Å². The molecule has 1 heterocycles. The predicted molar refractivity (Wildman–Crippen MR) is 84.5 cm³/mol. The third-order valence-corrected chi connectivity index (χ3v) is 4.26. The number of carbonyl (C=O) groups excluding carboxylic acids is 2. The number of hydrogen-bond donors (Lipinski definition) is 2. The van der Waals surface area contributed by atoms with Crippen LogP contribution in [0.4, 0.5) is 5.69 Å². The van der Waals surface area contributed by atoms with Crippen molar-refractivity contribution >= 4 is 34.8 Å². The van der Waals surface area contributed by atoms with E-state index < -0.39 is 0 Å². The third-order valence-electron chi connectivity index (χ3n) is 4.04. The standard InChI is InChI=1S/C15H17N3O2S/c1-18-13(19)11-7-6-10(8-12(11)14(18)20)17-15(21)16-9-4-2-3-5-9/h6-9H,2-5H2,1H3,(H2,16,17,21). The maximum absolute atomic E-state index is 12.0. The molecule has 0 saturated heterocycles. The van der Waals surface area contributed by atoms with E-state index in [4.69, 9.17) is 12.2 Å². The Balaban J connectivity index is 1.71. The first kappa shape index (κ1) is 14.0. The Labute approximate surface area is 128 Å². The molecule has 1 aromatic rings. The van der Waals surface area contributed by atoms with E-state index in [1.165, 1.54) is 19.9 Å². The average molecular weight is 303 g/mol. The highest BCUT2D eigenvalue weighted by atomic mass is 32.1. The Hall–Kier alpha value is -1.95. The van der Waals surface area contributed by atoms with E-state index in [-0.39, 0.29) is 11.8 Å². The van der Waals surface area contributed by atoms with Crippen LogP contribution in [0.2, 0.25) is 0 Å². The molecular weight excluding hydrogens is 286 g/mol. The van der Waals surface area contributed by atoms with Gasteiger partial charge in [-0.3, -0.25) is 14.5 Å². The summed E-state index contributed by atoms with van der Waals surface area (Å²) in [5.74, 6) is -0.526. The summed E-state index contributed by atoms with van der Waals surface area (Å²) < 4.78 is 0. The molecule has 1 aliphatic carbocycles. The fraction of sp³-hybridized carbons (Fsp3) is 0.400. The van der Waals surface area contributed by atoms with Crippen molar-refractivity contribution in [1.29, 1.82) is 0 Å². The molecule has 2 amide bonds. The number of carbonyl (C=O) groups is 2. The second-order valence-electron chi connectivity index (χ2n) is 5.51. The van der Waals surface area contributed by atoms with Gasteiger partial charge in [0.05, 0.1) is 11.1 Å². The van der Waals surface area contributed by atoms with E-state index in [9.17, 15) is 9.59 Å². The van der Waals surface area contributed by atoms with Crippen molar-refractivity contribution in [3.05, 3.63) is 29.3 Å². The van der Waals surface area contributed by atoms with Crippen molar-refractivity contribution in [3.8, 4) is 0 Å². The number of rotatable bonds is 2. The summed E-state index contributed by atoms with van der Waals surface area (Å²) >= 11 is 5.29. The van der Waals surface area contributed by atoms with Gasteiger partial charge in [-0.15, -0.1) is 0 Å². The normalized spacial score (nSPS) is 18.0. The molecule has 1 saturated carbocycles. The van der Waals surface area contributed by atoms with Gasteiger partial charge in [-0.1, -0.05) is 12.8 Å². The Morgan fingerprint density at radius 1 is 1.19 bits per heavy atom. The van der Waals surface area contributed by atoms with Gasteiger partial charge in [0, 0.05) is 18.8 Å². The molecule has 0 spiro atoms. The zero-order valence-electron chi connectivity index (χ0n) is 11.8. The molecule has 0 unspecified atom stereocenters. The molecule has 1 aromatic carbocycles. The summed E-state index contributed by atoms with van der Waals surface area (Å²) in [6, 6.07) is 5.56. The van der Waals surface area contributed by atoms with Crippen LogP contribution in [0.3, 0.4) is 0 Å². The topological polar surface area (TPSA) is 61.4 Å². The van der Waals surface area contributed by atoms with Crippen LogP contribution in [0.25, 0.3) is 0 Å². The molecule has 2 N–H and O–H groups in total. The maximum atomic E-state index is 12.0. The summed E-state index contributed by atoms with van der Waals surface area (Å²) in [6.45, 7) is 0. The fourth-order valence-electron chi connectivity index (χ4n) is 2.86. The van der Waals surface area contributed by atoms with Crippen LogP contribution in [0, 0.1) is 0 Å². The Morgan fingerprint density at radius 2 is 1.86 bits per heavy atom. The molecule has 0 atom stereocenters. The lowest BCUT2D eigenvalue weighted by Gasteiger charge is -2.15. The highest BCUT2D eigenvalue weighted by Crippen LogP contribution is 2.25. The molecule has 0 aromatic heterocycles. The SMILES string of the molecule is CN1C(=O)c2ccc(NC(=S)NC3CCCC3)cc2C1=O. The van der Waals surface area contributed by atoms with Gasteiger partial charge in [0.1, 0.15) is 0 Å². The molecule has 110 valence electrons. The van der Waals surface area contributed by atoms with E-state index >= 15 is 0 Å². The van der Waals surface area contributed by atoms with E-state index in [1.807, 2.05) is 0 Å². The zero-order valence-corrected chi connectivity index (χ0v) is 12.6. The van der Waals surface area contributed by atoms with Crippen LogP contribution in [-0.2, 0) is 0 Å². The highest BCUT2D eigenvalue weighted by molar-refractivity contribution is 7.80. The lowest BCUT2D eigenvalue weighted by Crippen LogP contribution is -2.35. The highest BCUT2D eigenvalue weighted by Gasteiger charge is 2.32. The van der Waals surface area contributed by atoms with Crippen molar-refractivity contribution in [2.45, 2.75) is 31.7 Å². The average Bonchev–Trinajstić information content (AvgIpc) is 3.03. The number of hydrogen-bond acceptors (Lipinski definition) is 3. The summed E-state index contributed by atoms with van der Waals surface area (Å²) in [5, 5.41) is 6.93. The van der Waals surface area contributed by atoms with E-state index in [0.29, 0.717) is 22.3 Å². The van der Waals surface area contributed by atoms with Gasteiger partial charge in [0.15, 0.2) is 5.11 Å². The monoisotopic (exact) mass is 303 g/mol. The number of nitrogens with zero attached hydrogens (tertiary/aromatic N) is 1. The smallest absolute Gasteiger partial charge is 0.261 e. The Morgan fingerprint density at radius 3 is 2.57 bits per heavy atom. The van der Waals surface area contributed by atoms with Crippen LogP contribution in [0.15, 0.2) is 18.2 Å². The first-order valence-electron chi connectivity index (χ1n) is 7.10. The maximum Gasteiger partial charge on any atom is 0.261 e. The second-order valence-corrected chi connectivity index (χ2v) is 5.92. The minimum atomic E-state index is -0.270. The molecule has 0 bridgehead atoms. The molecular formula is C15H17N3O2S. The largest absolute Gasteiger partial charge is 0.360 e. The second kappa shape index (κ2) is 5.44. The number of amides is 2. The summed E-state index contributed by atoms with van der Waals surface area (Å²) in [5.41, 5.74) is 1.60. The molecule has 2 aliphatic rings. The molecule has 1 aliphatic heterocycles. The van der Waals surface area contributed by atoms with E-state index in [0.717, 1.165) is 23.4 Å². The van der Waals surface area contributed by atoms with E-state index in [1.54, 1.807) is 18.2 Å². The quantitative estimate of drug-likeness (QED) is 0.647. The molecule has 5 nitrogen and oxygen atoms in total. The number of thiocarbonyl (C=S) groups is 1. The molecule has 3 rings (SSSR count). The minimum Gasteiger partial charge on any atom is -0.360 e. The Kier molecular flexibility index (Phi) is 3.63. The number of benzene rings is 1. The Bertz CT molecular complexity index is 623. The lowest BCUT2D eigenvalue weighted by molar-refractivity contribution is 0.0693. The first-order chi connectivity index (χ1) is 10.1. The first-order valence-corrected chi connectivity index (χ1v) is 7.51. The predicted octanol–water partition coefficient (Wildman–Crippen LogP) is 2.14. The summed E-state index contributed by atoms with van der Waals surface area (Å²) in [7, 11) is 1.49. The zero-order chi connectivity index (χ0) is 15.0. The van der Waals surface area contributed by atoms with Crippen LogP contribution in [0.1, 0.15) is 46.4 Å². The molecule has 0 radical (unpaired) electrons. The van der Waals surface area contributed by atoms with Crippen molar-refractivity contribution < 1.29 is 9.59 Å². The van der Waals surface area contributed by atoms with Crippen molar-refractivity contribution in [3.63, 3.8) is 0 Å². The number of imide groups is 1. The van der Waals surface area contributed by atoms with Crippen molar-refractivity contribution in [1.82, 2.24) is 10.2 Å². The number of nitrogens with one attached hydrogen (secondary N) is 2. The molecule has 21 heavy (non-hydrogen) atoms. The van der Waals surface area contributed by atoms with E-state index in [2.05, 4.69) is 10.6 Å². The molecule has 1 fully saturated rings. The minimum absolute atomic E-state index is 0.256. The van der Waals surface area contributed by atoms with Gasteiger partial charge >= 0.3 is 0 Å². The number of anilines is 1. The van der Waals surface area contributed by atoms with Crippen LogP contribution in [-0.4, -0.2) is 34.9 Å². The van der Waals surface area contributed by atoms with Crippen LogP contribution in [0.5, 0.6) is 0 Å². The number of fused-ring (bicyclic) bond motifs is 1. The van der Waals surface area contributed by atoms with Gasteiger partial charge in [-0.05, 0) is 43.3 Å². The van der Waals surface area contributed by atoms with Gasteiger partial charge in [-0.25, -0.2) is 0 Å². The van der Waals surface area contributed by atoms with Gasteiger partial charge in [-0.2, -0.15) is 0 Å².